The number of methoxy groups -OCH3 is 1. The van der Waals surface area contributed by atoms with E-state index in [-0.39, 0.29) is 0 Å². The molecule has 2 aromatic rings. The fraction of sp³-hybridized carbons (Fsp3) is 0.385. The van der Waals surface area contributed by atoms with E-state index in [0.29, 0.717) is 11.3 Å². The highest BCUT2D eigenvalue weighted by Gasteiger charge is 2.14. The molecule has 0 bridgehead atoms. The third kappa shape index (κ3) is 1.78. The average molecular weight is 220 g/mol. The fourth-order valence-corrected chi connectivity index (χ4v) is 1.94. The number of fused-ring (bicyclic) bond motifs is 1. The zero-order valence-corrected chi connectivity index (χ0v) is 9.56. The molecule has 0 fully saturated rings. The van der Waals surface area contributed by atoms with Crippen molar-refractivity contribution in [1.82, 2.24) is 0 Å². The number of benzene rings is 1. The number of ether oxygens (including phenoxy) is 1. The normalized spacial score (nSPS) is 12.9. The lowest BCUT2D eigenvalue weighted by Gasteiger charge is -2.11. The standard InChI is InChI=1S/C13H16O3/c1-3-4-11(14)9-5-6-12(15-2)13-10(9)7-8-16-13/h5-8,11,14H,3-4H2,1-2H3. The van der Waals surface area contributed by atoms with Gasteiger partial charge in [0.15, 0.2) is 11.3 Å². The van der Waals surface area contributed by atoms with E-state index in [1.807, 2.05) is 18.2 Å². The van der Waals surface area contributed by atoms with Crippen molar-refractivity contribution in [2.24, 2.45) is 0 Å². The molecule has 3 nitrogen and oxygen atoms in total. The quantitative estimate of drug-likeness (QED) is 0.859. The molecular formula is C13H16O3. The number of furan rings is 1. The minimum absolute atomic E-state index is 0.434. The van der Waals surface area contributed by atoms with E-state index >= 15 is 0 Å². The Labute approximate surface area is 94.6 Å². The van der Waals surface area contributed by atoms with E-state index in [1.165, 1.54) is 0 Å². The summed E-state index contributed by atoms with van der Waals surface area (Å²) >= 11 is 0. The second-order valence-corrected chi connectivity index (χ2v) is 3.82. The summed E-state index contributed by atoms with van der Waals surface area (Å²) in [5.41, 5.74) is 1.61. The third-order valence-corrected chi connectivity index (χ3v) is 2.76. The van der Waals surface area contributed by atoms with E-state index in [1.54, 1.807) is 13.4 Å². The molecule has 0 aliphatic carbocycles. The first kappa shape index (κ1) is 11.0. The number of rotatable bonds is 4. The molecule has 0 aliphatic heterocycles. The van der Waals surface area contributed by atoms with Gasteiger partial charge in [0.05, 0.1) is 19.5 Å². The highest BCUT2D eigenvalue weighted by molar-refractivity contribution is 5.86. The van der Waals surface area contributed by atoms with Crippen LogP contribution in [0, 0.1) is 0 Å². The van der Waals surface area contributed by atoms with Gasteiger partial charge >= 0.3 is 0 Å². The molecule has 1 heterocycles. The summed E-state index contributed by atoms with van der Waals surface area (Å²) in [6.45, 7) is 2.05. The van der Waals surface area contributed by atoms with Gasteiger partial charge in [-0.15, -0.1) is 0 Å². The van der Waals surface area contributed by atoms with Crippen LogP contribution in [0.3, 0.4) is 0 Å². The summed E-state index contributed by atoms with van der Waals surface area (Å²) in [5, 5.41) is 10.9. The van der Waals surface area contributed by atoms with Crippen LogP contribution in [-0.4, -0.2) is 12.2 Å². The number of aliphatic hydroxyl groups excluding tert-OH is 1. The van der Waals surface area contributed by atoms with Gasteiger partial charge in [-0.2, -0.15) is 0 Å². The zero-order valence-electron chi connectivity index (χ0n) is 9.56. The maximum Gasteiger partial charge on any atom is 0.176 e. The molecule has 0 spiro atoms. The van der Waals surface area contributed by atoms with E-state index in [0.717, 1.165) is 23.8 Å². The number of hydrogen-bond donors (Lipinski definition) is 1. The van der Waals surface area contributed by atoms with Gasteiger partial charge in [0.1, 0.15) is 0 Å². The molecule has 16 heavy (non-hydrogen) atoms. The molecule has 0 saturated carbocycles. The third-order valence-electron chi connectivity index (χ3n) is 2.76. The predicted molar refractivity (Wildman–Crippen MR) is 62.6 cm³/mol. The van der Waals surface area contributed by atoms with Crippen LogP contribution in [-0.2, 0) is 0 Å². The van der Waals surface area contributed by atoms with Crippen LogP contribution in [0.2, 0.25) is 0 Å². The van der Waals surface area contributed by atoms with Crippen LogP contribution < -0.4 is 4.74 Å². The minimum atomic E-state index is -0.434. The Balaban J connectivity index is 2.51. The molecule has 2 rings (SSSR count). The molecule has 1 aromatic heterocycles. The maximum absolute atomic E-state index is 10.0. The van der Waals surface area contributed by atoms with Crippen LogP contribution in [0.25, 0.3) is 11.0 Å². The molecular weight excluding hydrogens is 204 g/mol. The summed E-state index contributed by atoms with van der Waals surface area (Å²) in [5.74, 6) is 0.701. The molecule has 1 unspecified atom stereocenters. The number of aliphatic hydroxyl groups is 1. The van der Waals surface area contributed by atoms with Gasteiger partial charge in [0.25, 0.3) is 0 Å². The highest BCUT2D eigenvalue weighted by Crippen LogP contribution is 2.33. The topological polar surface area (TPSA) is 42.6 Å². The van der Waals surface area contributed by atoms with Crippen molar-refractivity contribution < 1.29 is 14.3 Å². The first-order chi connectivity index (χ1) is 7.77. The van der Waals surface area contributed by atoms with Crippen LogP contribution >= 0.6 is 0 Å². The van der Waals surface area contributed by atoms with Gasteiger partial charge in [0.2, 0.25) is 0 Å². The largest absolute Gasteiger partial charge is 0.493 e. The Bertz CT molecular complexity index is 473. The second-order valence-electron chi connectivity index (χ2n) is 3.82. The Morgan fingerprint density at radius 1 is 1.38 bits per heavy atom. The summed E-state index contributed by atoms with van der Waals surface area (Å²) in [6.07, 6.45) is 2.89. The monoisotopic (exact) mass is 220 g/mol. The smallest absolute Gasteiger partial charge is 0.176 e. The van der Waals surface area contributed by atoms with Gasteiger partial charge < -0.3 is 14.3 Å². The fourth-order valence-electron chi connectivity index (χ4n) is 1.94. The van der Waals surface area contributed by atoms with Crippen LogP contribution in [0.1, 0.15) is 31.4 Å². The van der Waals surface area contributed by atoms with E-state index in [9.17, 15) is 5.11 Å². The van der Waals surface area contributed by atoms with Gasteiger partial charge in [-0.05, 0) is 24.1 Å². The lowest BCUT2D eigenvalue weighted by molar-refractivity contribution is 0.168. The lowest BCUT2D eigenvalue weighted by atomic mass is 10.0. The van der Waals surface area contributed by atoms with Crippen molar-refractivity contribution in [2.75, 3.05) is 7.11 Å². The van der Waals surface area contributed by atoms with Gasteiger partial charge in [-0.1, -0.05) is 19.4 Å². The van der Waals surface area contributed by atoms with Crippen molar-refractivity contribution in [3.8, 4) is 5.75 Å². The summed E-state index contributed by atoms with van der Waals surface area (Å²) in [4.78, 5) is 0. The van der Waals surface area contributed by atoms with Crippen LogP contribution in [0.5, 0.6) is 5.75 Å². The molecule has 1 N–H and O–H groups in total. The molecule has 0 radical (unpaired) electrons. The first-order valence-corrected chi connectivity index (χ1v) is 5.50. The highest BCUT2D eigenvalue weighted by atomic mass is 16.5. The average Bonchev–Trinajstić information content (AvgIpc) is 2.76. The summed E-state index contributed by atoms with van der Waals surface area (Å²) < 4.78 is 10.6. The Morgan fingerprint density at radius 3 is 2.88 bits per heavy atom. The Hall–Kier alpha value is -1.48. The van der Waals surface area contributed by atoms with Crippen molar-refractivity contribution >= 4 is 11.0 Å². The van der Waals surface area contributed by atoms with Gasteiger partial charge in [-0.25, -0.2) is 0 Å². The Kier molecular flexibility index (Phi) is 3.15. The van der Waals surface area contributed by atoms with Crippen LogP contribution in [0.15, 0.2) is 28.9 Å². The lowest BCUT2D eigenvalue weighted by Crippen LogP contribution is -1.97. The molecule has 1 aromatic carbocycles. The molecule has 0 saturated heterocycles. The molecule has 0 aliphatic rings. The van der Waals surface area contributed by atoms with E-state index < -0.39 is 6.10 Å². The van der Waals surface area contributed by atoms with E-state index in [4.69, 9.17) is 9.15 Å². The molecule has 3 heteroatoms. The van der Waals surface area contributed by atoms with Crippen molar-refractivity contribution in [3.05, 3.63) is 30.0 Å². The molecule has 86 valence electrons. The summed E-state index contributed by atoms with van der Waals surface area (Å²) in [6, 6.07) is 5.60. The molecule has 0 amide bonds. The zero-order chi connectivity index (χ0) is 11.5. The van der Waals surface area contributed by atoms with E-state index in [2.05, 4.69) is 6.92 Å². The summed E-state index contributed by atoms with van der Waals surface area (Å²) in [7, 11) is 1.61. The second kappa shape index (κ2) is 4.58. The van der Waals surface area contributed by atoms with Crippen molar-refractivity contribution in [1.29, 1.82) is 0 Å². The minimum Gasteiger partial charge on any atom is -0.493 e. The van der Waals surface area contributed by atoms with Crippen molar-refractivity contribution in [3.63, 3.8) is 0 Å². The van der Waals surface area contributed by atoms with Crippen molar-refractivity contribution in [2.45, 2.75) is 25.9 Å². The maximum atomic E-state index is 10.0. The Morgan fingerprint density at radius 2 is 2.19 bits per heavy atom. The number of hydrogen-bond acceptors (Lipinski definition) is 3. The van der Waals surface area contributed by atoms with Crippen LogP contribution in [0.4, 0.5) is 0 Å². The molecule has 1 atom stereocenters. The van der Waals surface area contributed by atoms with Gasteiger partial charge in [0, 0.05) is 5.39 Å². The first-order valence-electron chi connectivity index (χ1n) is 5.50. The predicted octanol–water partition coefficient (Wildman–Crippen LogP) is 3.27. The van der Waals surface area contributed by atoms with Gasteiger partial charge in [-0.3, -0.25) is 0 Å². The SMILES string of the molecule is CCCC(O)c1ccc(OC)c2occc12.